The fourth-order valence-corrected chi connectivity index (χ4v) is 1.89. The molecule has 2 rings (SSSR count). The van der Waals surface area contributed by atoms with Gasteiger partial charge in [-0.2, -0.15) is 0 Å². The minimum Gasteiger partial charge on any atom is -0.467 e. The van der Waals surface area contributed by atoms with Crippen molar-refractivity contribution in [3.63, 3.8) is 0 Å². The van der Waals surface area contributed by atoms with E-state index in [1.807, 2.05) is 24.3 Å². The SMILES string of the molecule is CCCNC(c1ccc(Br)cn1)c1ccco1. The molecule has 3 nitrogen and oxygen atoms in total. The van der Waals surface area contributed by atoms with Crippen molar-refractivity contribution < 1.29 is 4.42 Å². The van der Waals surface area contributed by atoms with Gasteiger partial charge in [0, 0.05) is 10.7 Å². The van der Waals surface area contributed by atoms with Gasteiger partial charge in [0.25, 0.3) is 0 Å². The average molecular weight is 295 g/mol. The molecule has 1 N–H and O–H groups in total. The molecule has 0 radical (unpaired) electrons. The molecule has 1 unspecified atom stereocenters. The number of halogens is 1. The normalized spacial score (nSPS) is 12.6. The molecule has 0 aliphatic carbocycles. The van der Waals surface area contributed by atoms with Crippen LogP contribution in [0.1, 0.15) is 30.8 Å². The van der Waals surface area contributed by atoms with Gasteiger partial charge < -0.3 is 9.73 Å². The van der Waals surface area contributed by atoms with Crippen molar-refractivity contribution in [1.29, 1.82) is 0 Å². The molecule has 2 heterocycles. The molecule has 1 atom stereocenters. The summed E-state index contributed by atoms with van der Waals surface area (Å²) in [6.07, 6.45) is 4.57. The Balaban J connectivity index is 2.23. The van der Waals surface area contributed by atoms with Gasteiger partial charge in [-0.1, -0.05) is 6.92 Å². The molecule has 2 aromatic heterocycles. The number of aromatic nitrogens is 1. The van der Waals surface area contributed by atoms with Gasteiger partial charge >= 0.3 is 0 Å². The Kier molecular flexibility index (Phi) is 4.34. The molecule has 4 heteroatoms. The van der Waals surface area contributed by atoms with Crippen LogP contribution in [0.3, 0.4) is 0 Å². The van der Waals surface area contributed by atoms with Crippen LogP contribution in [-0.2, 0) is 0 Å². The highest BCUT2D eigenvalue weighted by Crippen LogP contribution is 2.21. The first kappa shape index (κ1) is 12.3. The largest absolute Gasteiger partial charge is 0.467 e. The van der Waals surface area contributed by atoms with Crippen molar-refractivity contribution in [2.24, 2.45) is 0 Å². The summed E-state index contributed by atoms with van der Waals surface area (Å²) in [5, 5.41) is 3.44. The predicted molar refractivity (Wildman–Crippen MR) is 70.8 cm³/mol. The quantitative estimate of drug-likeness (QED) is 0.917. The van der Waals surface area contributed by atoms with Gasteiger partial charge in [0.05, 0.1) is 12.0 Å². The molecule has 0 saturated heterocycles. The topological polar surface area (TPSA) is 38.1 Å². The lowest BCUT2D eigenvalue weighted by atomic mass is 10.1. The monoisotopic (exact) mass is 294 g/mol. The smallest absolute Gasteiger partial charge is 0.126 e. The van der Waals surface area contributed by atoms with E-state index in [-0.39, 0.29) is 6.04 Å². The molecular weight excluding hydrogens is 280 g/mol. The van der Waals surface area contributed by atoms with Crippen molar-refractivity contribution in [3.8, 4) is 0 Å². The number of furan rings is 1. The summed E-state index contributed by atoms with van der Waals surface area (Å²) >= 11 is 3.39. The zero-order valence-electron chi connectivity index (χ0n) is 9.69. The number of hydrogen-bond donors (Lipinski definition) is 1. The van der Waals surface area contributed by atoms with Gasteiger partial charge in [-0.15, -0.1) is 0 Å². The molecule has 17 heavy (non-hydrogen) atoms. The standard InChI is InChI=1S/C13H15BrN2O/c1-2-7-15-13(12-4-3-8-17-12)11-6-5-10(14)9-16-11/h3-6,8-9,13,15H,2,7H2,1H3. The summed E-state index contributed by atoms with van der Waals surface area (Å²) in [5.74, 6) is 0.897. The second-order valence-electron chi connectivity index (χ2n) is 3.80. The lowest BCUT2D eigenvalue weighted by molar-refractivity contribution is 0.442. The molecule has 0 saturated carbocycles. The molecule has 0 fully saturated rings. The number of nitrogens with one attached hydrogen (secondary N) is 1. The number of hydrogen-bond acceptors (Lipinski definition) is 3. The molecule has 2 aromatic rings. The van der Waals surface area contributed by atoms with Crippen molar-refractivity contribution in [2.75, 3.05) is 6.54 Å². The molecule has 0 bridgehead atoms. The van der Waals surface area contributed by atoms with E-state index >= 15 is 0 Å². The first-order valence-electron chi connectivity index (χ1n) is 5.69. The number of nitrogens with zero attached hydrogens (tertiary/aromatic N) is 1. The maximum atomic E-state index is 5.46. The second-order valence-corrected chi connectivity index (χ2v) is 4.72. The van der Waals surface area contributed by atoms with Crippen molar-refractivity contribution >= 4 is 15.9 Å². The molecular formula is C13H15BrN2O. The minimum absolute atomic E-state index is 0.0260. The third-order valence-corrected chi connectivity index (χ3v) is 2.94. The first-order chi connectivity index (χ1) is 8.31. The summed E-state index contributed by atoms with van der Waals surface area (Å²) in [5.41, 5.74) is 0.969. The Morgan fingerprint density at radius 1 is 1.41 bits per heavy atom. The van der Waals surface area contributed by atoms with E-state index in [1.54, 1.807) is 12.5 Å². The Morgan fingerprint density at radius 3 is 2.88 bits per heavy atom. The van der Waals surface area contributed by atoms with Gasteiger partial charge in [0.2, 0.25) is 0 Å². The maximum Gasteiger partial charge on any atom is 0.126 e. The predicted octanol–water partition coefficient (Wildman–Crippen LogP) is 3.53. The summed E-state index contributed by atoms with van der Waals surface area (Å²) in [6, 6.07) is 7.88. The summed E-state index contributed by atoms with van der Waals surface area (Å²) < 4.78 is 6.44. The Morgan fingerprint density at radius 2 is 2.29 bits per heavy atom. The lowest BCUT2D eigenvalue weighted by Gasteiger charge is -2.15. The van der Waals surface area contributed by atoms with Crippen LogP contribution in [0.4, 0.5) is 0 Å². The van der Waals surface area contributed by atoms with E-state index in [0.717, 1.165) is 28.9 Å². The highest BCUT2D eigenvalue weighted by Gasteiger charge is 2.16. The molecule has 0 spiro atoms. The lowest BCUT2D eigenvalue weighted by Crippen LogP contribution is -2.23. The first-order valence-corrected chi connectivity index (χ1v) is 6.48. The molecule has 90 valence electrons. The molecule has 0 amide bonds. The Bertz CT molecular complexity index is 439. The van der Waals surface area contributed by atoms with Crippen LogP contribution in [-0.4, -0.2) is 11.5 Å². The fourth-order valence-electron chi connectivity index (χ4n) is 1.65. The van der Waals surface area contributed by atoms with E-state index in [1.165, 1.54) is 0 Å². The van der Waals surface area contributed by atoms with Crippen LogP contribution in [0.2, 0.25) is 0 Å². The molecule has 0 aliphatic heterocycles. The van der Waals surface area contributed by atoms with Crippen LogP contribution in [0.25, 0.3) is 0 Å². The zero-order chi connectivity index (χ0) is 12.1. The summed E-state index contributed by atoms with van der Waals surface area (Å²) in [6.45, 7) is 3.07. The number of rotatable bonds is 5. The molecule has 0 aliphatic rings. The van der Waals surface area contributed by atoms with E-state index in [0.29, 0.717) is 0 Å². The van der Waals surface area contributed by atoms with Crippen LogP contribution in [0, 0.1) is 0 Å². The van der Waals surface area contributed by atoms with Gasteiger partial charge in [0.1, 0.15) is 11.8 Å². The van der Waals surface area contributed by atoms with Crippen molar-refractivity contribution in [1.82, 2.24) is 10.3 Å². The van der Waals surface area contributed by atoms with Crippen molar-refractivity contribution in [2.45, 2.75) is 19.4 Å². The molecule has 0 aromatic carbocycles. The van der Waals surface area contributed by atoms with Crippen LogP contribution < -0.4 is 5.32 Å². The van der Waals surface area contributed by atoms with E-state index in [9.17, 15) is 0 Å². The third-order valence-electron chi connectivity index (χ3n) is 2.47. The summed E-state index contributed by atoms with van der Waals surface area (Å²) in [4.78, 5) is 4.42. The summed E-state index contributed by atoms with van der Waals surface area (Å²) in [7, 11) is 0. The van der Waals surface area contributed by atoms with Gasteiger partial charge in [-0.05, 0) is 53.2 Å². The van der Waals surface area contributed by atoms with E-state index in [4.69, 9.17) is 4.42 Å². The van der Waals surface area contributed by atoms with Gasteiger partial charge in [-0.25, -0.2) is 0 Å². The van der Waals surface area contributed by atoms with Crippen LogP contribution >= 0.6 is 15.9 Å². The zero-order valence-corrected chi connectivity index (χ0v) is 11.3. The van der Waals surface area contributed by atoms with E-state index in [2.05, 4.69) is 33.2 Å². The fraction of sp³-hybridized carbons (Fsp3) is 0.308. The second kappa shape index (κ2) is 5.98. The Labute approximate surface area is 109 Å². The maximum absolute atomic E-state index is 5.46. The van der Waals surface area contributed by atoms with Gasteiger partial charge in [0.15, 0.2) is 0 Å². The van der Waals surface area contributed by atoms with Crippen LogP contribution in [0.5, 0.6) is 0 Å². The van der Waals surface area contributed by atoms with Gasteiger partial charge in [-0.3, -0.25) is 4.98 Å². The van der Waals surface area contributed by atoms with Crippen LogP contribution in [0.15, 0.2) is 45.6 Å². The average Bonchev–Trinajstić information content (AvgIpc) is 2.85. The minimum atomic E-state index is 0.0260. The Hall–Kier alpha value is -1.13. The van der Waals surface area contributed by atoms with E-state index < -0.39 is 0 Å². The van der Waals surface area contributed by atoms with Crippen molar-refractivity contribution in [3.05, 3.63) is 52.7 Å². The highest BCUT2D eigenvalue weighted by atomic mass is 79.9. The number of pyridine rings is 1. The highest BCUT2D eigenvalue weighted by molar-refractivity contribution is 9.10. The third kappa shape index (κ3) is 3.17.